The smallest absolute Gasteiger partial charge is 0.339 e. The lowest BCUT2D eigenvalue weighted by molar-refractivity contribution is 0.0920. The first-order valence-corrected chi connectivity index (χ1v) is 9.96. The molecule has 0 N–H and O–H groups in total. The monoisotopic (exact) mass is 392 g/mol. The largest absolute Gasteiger partial charge is 0.497 e. The number of hydrogen-bond acceptors (Lipinski definition) is 5. The number of ether oxygens (including phenoxy) is 2. The molecule has 0 fully saturated rings. The van der Waals surface area contributed by atoms with Crippen molar-refractivity contribution in [1.29, 1.82) is 0 Å². The molecule has 0 saturated carbocycles. The summed E-state index contributed by atoms with van der Waals surface area (Å²) in [5, 5.41) is 0.977. The molecular formula is C24H24O5. The van der Waals surface area contributed by atoms with Crippen LogP contribution in [0.25, 0.3) is 11.0 Å². The Hall–Kier alpha value is -3.08. The summed E-state index contributed by atoms with van der Waals surface area (Å²) in [4.78, 5) is 25.0. The summed E-state index contributed by atoms with van der Waals surface area (Å²) in [6.07, 6.45) is 4.90. The fraction of sp³-hybridized carbons (Fsp3) is 0.333. The van der Waals surface area contributed by atoms with E-state index in [0.717, 1.165) is 54.2 Å². The summed E-state index contributed by atoms with van der Waals surface area (Å²) in [5.41, 5.74) is 3.50. The molecule has 0 radical (unpaired) electrons. The molecule has 0 saturated heterocycles. The summed E-state index contributed by atoms with van der Waals surface area (Å²) in [7, 11) is 1.56. The Balaban J connectivity index is 1.62. The lowest BCUT2D eigenvalue weighted by Gasteiger charge is -2.13. The van der Waals surface area contributed by atoms with Crippen LogP contribution in [-0.2, 0) is 12.8 Å². The average molecular weight is 392 g/mol. The molecule has 5 nitrogen and oxygen atoms in total. The Labute approximate surface area is 169 Å². The van der Waals surface area contributed by atoms with Gasteiger partial charge >= 0.3 is 5.63 Å². The Morgan fingerprint density at radius 3 is 2.66 bits per heavy atom. The third-order valence-corrected chi connectivity index (χ3v) is 5.59. The van der Waals surface area contributed by atoms with Crippen LogP contribution in [0.3, 0.4) is 0 Å². The van der Waals surface area contributed by atoms with Crippen molar-refractivity contribution in [2.24, 2.45) is 0 Å². The molecule has 4 rings (SSSR count). The molecule has 1 aliphatic carbocycles. The van der Waals surface area contributed by atoms with Gasteiger partial charge in [-0.2, -0.15) is 0 Å². The van der Waals surface area contributed by atoms with Crippen LogP contribution in [0.5, 0.6) is 11.5 Å². The number of carbonyl (C=O) groups excluding carboxylic acids is 1. The van der Waals surface area contributed by atoms with Gasteiger partial charge in [-0.05, 0) is 62.4 Å². The average Bonchev–Trinajstić information content (AvgIpc) is 3.00. The minimum atomic E-state index is -0.248. The molecular weight excluding hydrogens is 368 g/mol. The van der Waals surface area contributed by atoms with Gasteiger partial charge in [-0.15, -0.1) is 0 Å². The van der Waals surface area contributed by atoms with E-state index in [2.05, 4.69) is 0 Å². The van der Waals surface area contributed by atoms with Crippen molar-refractivity contribution < 1.29 is 18.7 Å². The number of hydrogen-bond donors (Lipinski definition) is 0. The zero-order chi connectivity index (χ0) is 20.4. The summed E-state index contributed by atoms with van der Waals surface area (Å²) in [6.45, 7) is 1.76. The number of fused-ring (bicyclic) bond motifs is 3. The number of methoxy groups -OCH3 is 1. The predicted molar refractivity (Wildman–Crippen MR) is 111 cm³/mol. The number of aryl methyl sites for hydroxylation is 2. The van der Waals surface area contributed by atoms with E-state index in [-0.39, 0.29) is 18.0 Å². The van der Waals surface area contributed by atoms with E-state index < -0.39 is 0 Å². The van der Waals surface area contributed by atoms with Gasteiger partial charge in [0.15, 0.2) is 12.4 Å². The van der Waals surface area contributed by atoms with Gasteiger partial charge in [0, 0.05) is 22.1 Å². The van der Waals surface area contributed by atoms with Crippen molar-refractivity contribution in [3.05, 3.63) is 69.1 Å². The van der Waals surface area contributed by atoms with E-state index in [4.69, 9.17) is 13.9 Å². The van der Waals surface area contributed by atoms with Crippen molar-refractivity contribution in [2.45, 2.75) is 39.0 Å². The van der Waals surface area contributed by atoms with E-state index in [1.54, 1.807) is 31.4 Å². The standard InChI is InChI=1S/C24H24O5/c1-15-22(28-14-21(25)16-7-6-8-17(13-16)27-2)12-11-19-18-9-4-3-5-10-20(18)24(26)29-23(15)19/h6-8,11-13H,3-5,9-10,14H2,1-2H3. The van der Waals surface area contributed by atoms with Gasteiger partial charge in [-0.3, -0.25) is 4.79 Å². The Bertz CT molecular complexity index is 1130. The van der Waals surface area contributed by atoms with Crippen molar-refractivity contribution >= 4 is 16.8 Å². The first kappa shape index (κ1) is 19.2. The number of Topliss-reactive ketones (excluding diaryl/α,β-unsaturated/α-hetero) is 1. The number of ketones is 1. The molecule has 1 aliphatic rings. The first-order valence-electron chi connectivity index (χ1n) is 9.96. The van der Waals surface area contributed by atoms with Crippen LogP contribution in [0.1, 0.15) is 46.3 Å². The van der Waals surface area contributed by atoms with Crippen LogP contribution < -0.4 is 15.1 Å². The Morgan fingerprint density at radius 2 is 1.86 bits per heavy atom. The molecule has 0 amide bonds. The van der Waals surface area contributed by atoms with Crippen LogP contribution in [0, 0.1) is 6.92 Å². The SMILES string of the molecule is COc1cccc(C(=O)COc2ccc3c4c(c(=O)oc3c2C)CCCCC4)c1. The second-order valence-corrected chi connectivity index (χ2v) is 7.42. The lowest BCUT2D eigenvalue weighted by atomic mass is 9.98. The third kappa shape index (κ3) is 3.77. The van der Waals surface area contributed by atoms with Crippen LogP contribution in [0.2, 0.25) is 0 Å². The fourth-order valence-electron chi connectivity index (χ4n) is 3.98. The molecule has 2 aromatic carbocycles. The summed E-state index contributed by atoms with van der Waals surface area (Å²) in [6, 6.07) is 10.8. The van der Waals surface area contributed by atoms with E-state index in [0.29, 0.717) is 22.6 Å². The Morgan fingerprint density at radius 1 is 1.07 bits per heavy atom. The number of rotatable bonds is 5. The minimum absolute atomic E-state index is 0.102. The van der Waals surface area contributed by atoms with Crippen LogP contribution in [-0.4, -0.2) is 19.5 Å². The van der Waals surface area contributed by atoms with Gasteiger partial charge < -0.3 is 13.9 Å². The second kappa shape index (κ2) is 8.11. The van der Waals surface area contributed by atoms with Crippen LogP contribution >= 0.6 is 0 Å². The lowest BCUT2D eigenvalue weighted by Crippen LogP contribution is -2.13. The minimum Gasteiger partial charge on any atom is -0.497 e. The highest BCUT2D eigenvalue weighted by molar-refractivity contribution is 5.97. The van der Waals surface area contributed by atoms with Gasteiger partial charge in [0.2, 0.25) is 0 Å². The Kier molecular flexibility index (Phi) is 5.38. The topological polar surface area (TPSA) is 65.7 Å². The molecule has 1 aromatic heterocycles. The molecule has 0 aliphatic heterocycles. The number of carbonyl (C=O) groups is 1. The fourth-order valence-corrected chi connectivity index (χ4v) is 3.98. The maximum atomic E-state index is 12.5. The molecule has 5 heteroatoms. The molecule has 150 valence electrons. The highest BCUT2D eigenvalue weighted by atomic mass is 16.5. The third-order valence-electron chi connectivity index (χ3n) is 5.59. The maximum absolute atomic E-state index is 12.5. The first-order chi connectivity index (χ1) is 14.1. The van der Waals surface area contributed by atoms with Crippen molar-refractivity contribution in [3.63, 3.8) is 0 Å². The highest BCUT2D eigenvalue weighted by Crippen LogP contribution is 2.32. The summed E-state index contributed by atoms with van der Waals surface area (Å²) < 4.78 is 16.6. The summed E-state index contributed by atoms with van der Waals surface area (Å²) >= 11 is 0. The zero-order valence-electron chi connectivity index (χ0n) is 16.7. The van der Waals surface area contributed by atoms with E-state index in [1.165, 1.54) is 0 Å². The molecule has 3 aromatic rings. The highest BCUT2D eigenvalue weighted by Gasteiger charge is 2.19. The van der Waals surface area contributed by atoms with Gasteiger partial charge in [-0.25, -0.2) is 4.79 Å². The van der Waals surface area contributed by atoms with Crippen LogP contribution in [0.15, 0.2) is 45.6 Å². The summed E-state index contributed by atoms with van der Waals surface area (Å²) in [5.74, 6) is 1.03. The maximum Gasteiger partial charge on any atom is 0.339 e. The van der Waals surface area contributed by atoms with E-state index in [9.17, 15) is 9.59 Å². The van der Waals surface area contributed by atoms with Crippen molar-refractivity contribution in [2.75, 3.05) is 13.7 Å². The molecule has 0 unspecified atom stereocenters. The van der Waals surface area contributed by atoms with Gasteiger partial charge in [-0.1, -0.05) is 18.6 Å². The van der Waals surface area contributed by atoms with E-state index in [1.807, 2.05) is 19.1 Å². The van der Waals surface area contributed by atoms with E-state index >= 15 is 0 Å². The molecule has 29 heavy (non-hydrogen) atoms. The predicted octanol–water partition coefficient (Wildman–Crippen LogP) is 4.64. The second-order valence-electron chi connectivity index (χ2n) is 7.42. The molecule has 0 bridgehead atoms. The zero-order valence-corrected chi connectivity index (χ0v) is 16.7. The van der Waals surface area contributed by atoms with Crippen molar-refractivity contribution in [1.82, 2.24) is 0 Å². The van der Waals surface area contributed by atoms with Gasteiger partial charge in [0.1, 0.15) is 17.1 Å². The van der Waals surface area contributed by atoms with Crippen molar-refractivity contribution in [3.8, 4) is 11.5 Å². The molecule has 0 spiro atoms. The normalized spacial score (nSPS) is 13.6. The van der Waals surface area contributed by atoms with Gasteiger partial charge in [0.05, 0.1) is 7.11 Å². The quantitative estimate of drug-likeness (QED) is 0.359. The number of benzene rings is 2. The molecule has 0 atom stereocenters. The molecule has 1 heterocycles. The van der Waals surface area contributed by atoms with Crippen LogP contribution in [0.4, 0.5) is 0 Å². The van der Waals surface area contributed by atoms with Gasteiger partial charge in [0.25, 0.3) is 0 Å².